The largest absolute Gasteiger partial charge is 0.274 e. The Morgan fingerprint density at radius 1 is 1.38 bits per heavy atom. The third kappa shape index (κ3) is 3.33. The van der Waals surface area contributed by atoms with Crippen molar-refractivity contribution in [3.63, 3.8) is 0 Å². The van der Waals surface area contributed by atoms with Crippen molar-refractivity contribution in [2.24, 2.45) is 7.05 Å². The summed E-state index contributed by atoms with van der Waals surface area (Å²) < 4.78 is 32.5. The first-order valence-electron chi connectivity index (χ1n) is 6.52. The Morgan fingerprint density at radius 2 is 2.05 bits per heavy atom. The number of aryl methyl sites for hydroxylation is 1. The highest BCUT2D eigenvalue weighted by atomic mass is 32.2. The molecule has 2 heterocycles. The van der Waals surface area contributed by atoms with Crippen LogP contribution >= 0.6 is 11.5 Å². The van der Waals surface area contributed by atoms with Crippen LogP contribution in [0.5, 0.6) is 0 Å². The molecule has 0 bridgehead atoms. The number of hydrogen-bond acceptors (Lipinski definition) is 5. The van der Waals surface area contributed by atoms with Crippen molar-refractivity contribution in [1.29, 1.82) is 0 Å². The summed E-state index contributed by atoms with van der Waals surface area (Å²) in [6.45, 7) is 6.18. The maximum atomic E-state index is 12.8. The van der Waals surface area contributed by atoms with Crippen LogP contribution in [0.3, 0.4) is 0 Å². The van der Waals surface area contributed by atoms with E-state index in [2.05, 4.69) is 9.47 Å². The van der Waals surface area contributed by atoms with Crippen LogP contribution in [0.25, 0.3) is 0 Å². The van der Waals surface area contributed by atoms with Gasteiger partial charge in [0.1, 0.15) is 4.90 Å². The zero-order valence-electron chi connectivity index (χ0n) is 12.9. The van der Waals surface area contributed by atoms with Crippen molar-refractivity contribution in [3.8, 4) is 0 Å². The van der Waals surface area contributed by atoms with Crippen LogP contribution in [0, 0.1) is 0 Å². The molecular formula is C13H20N4O2S2. The van der Waals surface area contributed by atoms with E-state index in [1.54, 1.807) is 31.2 Å². The van der Waals surface area contributed by atoms with Gasteiger partial charge in [0.05, 0.1) is 5.69 Å². The summed E-state index contributed by atoms with van der Waals surface area (Å²) >= 11 is 1.30. The van der Waals surface area contributed by atoms with Crippen LogP contribution in [0.4, 0.5) is 0 Å². The van der Waals surface area contributed by atoms with Gasteiger partial charge in [-0.25, -0.2) is 12.8 Å². The minimum atomic E-state index is -3.58. The van der Waals surface area contributed by atoms with Gasteiger partial charge in [-0.3, -0.25) is 4.68 Å². The number of nitrogens with zero attached hydrogens (tertiary/aromatic N) is 4. The normalized spacial score (nSPS) is 13.0. The van der Waals surface area contributed by atoms with Gasteiger partial charge >= 0.3 is 0 Å². The molecule has 0 aliphatic heterocycles. The summed E-state index contributed by atoms with van der Waals surface area (Å²) in [6, 6.07) is 1.82. The fourth-order valence-corrected chi connectivity index (χ4v) is 4.20. The summed E-state index contributed by atoms with van der Waals surface area (Å²) in [5.41, 5.74) is 0.246. The molecule has 6 nitrogen and oxygen atoms in total. The molecule has 0 unspecified atom stereocenters. The van der Waals surface area contributed by atoms with Crippen LogP contribution in [0.1, 0.15) is 31.3 Å². The third-order valence-electron chi connectivity index (χ3n) is 3.06. The molecule has 0 aliphatic rings. The van der Waals surface area contributed by atoms with Gasteiger partial charge < -0.3 is 0 Å². The summed E-state index contributed by atoms with van der Waals surface area (Å²) in [6.07, 6.45) is 3.24. The molecule has 2 aromatic heterocycles. The standard InChI is InChI=1S/C13H20N4O2S2/c1-13(2,3)12-11(9-16(4)15-12)21(18,19)17(5)8-10-6-7-14-20-10/h6-7,9H,8H2,1-5H3. The van der Waals surface area contributed by atoms with Crippen LogP contribution in [-0.4, -0.2) is 33.9 Å². The van der Waals surface area contributed by atoms with Gasteiger partial charge in [-0.05, 0) is 17.6 Å². The fourth-order valence-electron chi connectivity index (χ4n) is 1.97. The molecule has 116 valence electrons. The quantitative estimate of drug-likeness (QED) is 0.861. The average molecular weight is 328 g/mol. The Kier molecular flexibility index (Phi) is 4.23. The molecule has 0 aromatic carbocycles. The molecule has 0 aliphatic carbocycles. The van der Waals surface area contributed by atoms with E-state index < -0.39 is 10.0 Å². The predicted molar refractivity (Wildman–Crippen MR) is 82.7 cm³/mol. The van der Waals surface area contributed by atoms with E-state index >= 15 is 0 Å². The van der Waals surface area contributed by atoms with E-state index in [0.717, 1.165) is 4.88 Å². The molecule has 8 heteroatoms. The SMILES string of the molecule is CN(Cc1ccns1)S(=O)(=O)c1cn(C)nc1C(C)(C)C. The monoisotopic (exact) mass is 328 g/mol. The van der Waals surface area contributed by atoms with Crippen LogP contribution in [0.2, 0.25) is 0 Å². The van der Waals surface area contributed by atoms with Gasteiger partial charge in [-0.1, -0.05) is 20.8 Å². The van der Waals surface area contributed by atoms with Gasteiger partial charge in [0.2, 0.25) is 10.0 Å². The number of sulfonamides is 1. The van der Waals surface area contributed by atoms with Gasteiger partial charge in [0.15, 0.2) is 0 Å². The molecule has 2 aromatic rings. The van der Waals surface area contributed by atoms with Crippen molar-refractivity contribution in [2.75, 3.05) is 7.05 Å². The van der Waals surface area contributed by atoms with Gasteiger partial charge in [0.25, 0.3) is 0 Å². The second-order valence-electron chi connectivity index (χ2n) is 6.01. The lowest BCUT2D eigenvalue weighted by molar-refractivity contribution is 0.464. The van der Waals surface area contributed by atoms with E-state index in [-0.39, 0.29) is 10.3 Å². The number of aromatic nitrogens is 3. The first-order chi connectivity index (χ1) is 9.62. The van der Waals surface area contributed by atoms with Crippen molar-refractivity contribution in [2.45, 2.75) is 37.6 Å². The molecule has 0 N–H and O–H groups in total. The highest BCUT2D eigenvalue weighted by Crippen LogP contribution is 2.29. The molecule has 0 amide bonds. The highest BCUT2D eigenvalue weighted by molar-refractivity contribution is 7.89. The van der Waals surface area contributed by atoms with Crippen molar-refractivity contribution in [3.05, 3.63) is 29.0 Å². The Bertz CT molecular complexity index is 712. The number of hydrogen-bond donors (Lipinski definition) is 0. The number of rotatable bonds is 4. The second kappa shape index (κ2) is 5.51. The van der Waals surface area contributed by atoms with E-state index in [1.807, 2.05) is 26.8 Å². The second-order valence-corrected chi connectivity index (χ2v) is 8.94. The van der Waals surface area contributed by atoms with Crippen LogP contribution < -0.4 is 0 Å². The van der Waals surface area contributed by atoms with Gasteiger partial charge in [-0.2, -0.15) is 9.40 Å². The molecule has 0 fully saturated rings. The topological polar surface area (TPSA) is 68.1 Å². The lowest BCUT2D eigenvalue weighted by Crippen LogP contribution is -2.28. The molecule has 0 radical (unpaired) electrons. The van der Waals surface area contributed by atoms with Gasteiger partial charge in [-0.15, -0.1) is 0 Å². The maximum absolute atomic E-state index is 12.8. The lowest BCUT2D eigenvalue weighted by Gasteiger charge is -2.20. The Hall–Kier alpha value is -1.25. The van der Waals surface area contributed by atoms with E-state index in [0.29, 0.717) is 12.2 Å². The van der Waals surface area contributed by atoms with Crippen molar-refractivity contribution < 1.29 is 8.42 Å². The smallest absolute Gasteiger partial charge is 0.246 e. The Balaban J connectivity index is 2.40. The van der Waals surface area contributed by atoms with E-state index in [4.69, 9.17) is 0 Å². The zero-order valence-corrected chi connectivity index (χ0v) is 14.5. The molecule has 0 spiro atoms. The highest BCUT2D eigenvalue weighted by Gasteiger charge is 2.32. The molecule has 0 saturated heterocycles. The van der Waals surface area contributed by atoms with Crippen molar-refractivity contribution in [1.82, 2.24) is 18.5 Å². The first-order valence-corrected chi connectivity index (χ1v) is 8.74. The Labute approximate surface area is 129 Å². The summed E-state index contributed by atoms with van der Waals surface area (Å²) in [7, 11) is -0.268. The molecule has 2 rings (SSSR count). The lowest BCUT2D eigenvalue weighted by atomic mass is 9.92. The minimum absolute atomic E-state index is 0.268. The summed E-state index contributed by atoms with van der Waals surface area (Å²) in [5, 5.41) is 4.33. The average Bonchev–Trinajstić information content (AvgIpc) is 2.97. The summed E-state index contributed by atoms with van der Waals surface area (Å²) in [5.74, 6) is 0. The van der Waals surface area contributed by atoms with E-state index in [9.17, 15) is 8.42 Å². The van der Waals surface area contributed by atoms with Crippen LogP contribution in [-0.2, 0) is 29.0 Å². The fraction of sp³-hybridized carbons (Fsp3) is 0.538. The molecule has 0 saturated carbocycles. The zero-order chi connectivity index (χ0) is 15.8. The third-order valence-corrected chi connectivity index (χ3v) is 5.59. The Morgan fingerprint density at radius 3 is 2.57 bits per heavy atom. The summed E-state index contributed by atoms with van der Waals surface area (Å²) in [4.78, 5) is 1.17. The first kappa shape index (κ1) is 16.1. The van der Waals surface area contributed by atoms with Gasteiger partial charge in [0, 0.05) is 43.3 Å². The minimum Gasteiger partial charge on any atom is -0.274 e. The maximum Gasteiger partial charge on any atom is 0.246 e. The molecule has 21 heavy (non-hydrogen) atoms. The van der Waals surface area contributed by atoms with Crippen LogP contribution in [0.15, 0.2) is 23.4 Å². The predicted octanol–water partition coefficient (Wildman–Crippen LogP) is 1.99. The molecular weight excluding hydrogens is 308 g/mol. The van der Waals surface area contributed by atoms with Crippen molar-refractivity contribution >= 4 is 21.6 Å². The van der Waals surface area contributed by atoms with E-state index in [1.165, 1.54) is 15.8 Å². The molecule has 0 atom stereocenters.